The van der Waals surface area contributed by atoms with Gasteiger partial charge < -0.3 is 10.6 Å². The number of thiophene rings is 1. The second kappa shape index (κ2) is 7.38. The first-order chi connectivity index (χ1) is 11.2. The summed E-state index contributed by atoms with van der Waals surface area (Å²) < 4.78 is 2.71. The van der Waals surface area contributed by atoms with Crippen molar-refractivity contribution in [3.8, 4) is 5.82 Å². The molecule has 6 nitrogen and oxygen atoms in total. The maximum atomic E-state index is 11.8. The zero-order valence-corrected chi connectivity index (χ0v) is 14.5. The highest BCUT2D eigenvalue weighted by Gasteiger charge is 2.04. The van der Waals surface area contributed by atoms with Gasteiger partial charge in [-0.1, -0.05) is 0 Å². The van der Waals surface area contributed by atoms with E-state index in [1.54, 1.807) is 28.4 Å². The van der Waals surface area contributed by atoms with Gasteiger partial charge in [0.25, 0.3) is 0 Å². The molecule has 0 aliphatic heterocycles. The molecule has 0 aliphatic carbocycles. The number of hydrogen-bond acceptors (Lipinski definition) is 4. The molecule has 3 aromatic rings. The third-order valence-corrected chi connectivity index (χ3v) is 4.74. The van der Waals surface area contributed by atoms with Crippen LogP contribution in [0.1, 0.15) is 10.4 Å². The number of aromatic nitrogens is 3. The molecular weight excluding hydrogens is 378 g/mol. The van der Waals surface area contributed by atoms with Gasteiger partial charge in [-0.05, 0) is 45.8 Å². The number of urea groups is 1. The van der Waals surface area contributed by atoms with Crippen LogP contribution < -0.4 is 10.6 Å². The van der Waals surface area contributed by atoms with Gasteiger partial charge in [-0.3, -0.25) is 0 Å². The molecule has 0 radical (unpaired) electrons. The van der Waals surface area contributed by atoms with Crippen molar-refractivity contribution in [1.82, 2.24) is 25.4 Å². The Hall–Kier alpha value is -2.19. The molecule has 2 N–H and O–H groups in total. The molecular formula is C15H14BrN5OS. The van der Waals surface area contributed by atoms with Crippen molar-refractivity contribution < 1.29 is 4.79 Å². The molecule has 2 amide bonds. The van der Waals surface area contributed by atoms with Crippen molar-refractivity contribution in [3.63, 3.8) is 0 Å². The van der Waals surface area contributed by atoms with Crippen molar-refractivity contribution in [2.75, 3.05) is 0 Å². The van der Waals surface area contributed by atoms with Crippen LogP contribution in [-0.4, -0.2) is 20.8 Å². The molecule has 3 heterocycles. The number of carbonyl (C=O) groups excluding carboxylic acids is 1. The molecule has 0 fully saturated rings. The monoisotopic (exact) mass is 391 g/mol. The van der Waals surface area contributed by atoms with Gasteiger partial charge in [-0.15, -0.1) is 11.3 Å². The van der Waals surface area contributed by atoms with E-state index in [0.717, 1.165) is 20.7 Å². The normalized spacial score (nSPS) is 10.5. The van der Waals surface area contributed by atoms with Crippen LogP contribution in [0.15, 0.2) is 52.7 Å². The Morgan fingerprint density at radius 1 is 1.26 bits per heavy atom. The Bertz CT molecular complexity index is 787. The highest BCUT2D eigenvalue weighted by molar-refractivity contribution is 9.10. The summed E-state index contributed by atoms with van der Waals surface area (Å²) in [4.78, 5) is 17.2. The molecule has 118 valence electrons. The molecule has 3 rings (SSSR count). The Balaban J connectivity index is 1.52. The molecule has 23 heavy (non-hydrogen) atoms. The Morgan fingerprint density at radius 3 is 2.87 bits per heavy atom. The summed E-state index contributed by atoms with van der Waals surface area (Å²) >= 11 is 4.99. The highest BCUT2D eigenvalue weighted by Crippen LogP contribution is 2.19. The van der Waals surface area contributed by atoms with Crippen molar-refractivity contribution >= 4 is 33.3 Å². The molecule has 3 aromatic heterocycles. The van der Waals surface area contributed by atoms with E-state index in [9.17, 15) is 4.79 Å². The van der Waals surface area contributed by atoms with Crippen molar-refractivity contribution in [2.24, 2.45) is 0 Å². The molecule has 0 bridgehead atoms. The number of nitrogens with zero attached hydrogens (tertiary/aromatic N) is 3. The van der Waals surface area contributed by atoms with Crippen LogP contribution in [0, 0.1) is 0 Å². The van der Waals surface area contributed by atoms with Gasteiger partial charge in [0.05, 0.1) is 6.54 Å². The van der Waals surface area contributed by atoms with Gasteiger partial charge in [0, 0.05) is 39.9 Å². The fourth-order valence-corrected chi connectivity index (χ4v) is 3.35. The predicted octanol–water partition coefficient (Wildman–Crippen LogP) is 3.09. The largest absolute Gasteiger partial charge is 0.334 e. The van der Waals surface area contributed by atoms with E-state index in [4.69, 9.17) is 0 Å². The van der Waals surface area contributed by atoms with Crippen LogP contribution in [0.5, 0.6) is 0 Å². The lowest BCUT2D eigenvalue weighted by Gasteiger charge is -2.08. The van der Waals surface area contributed by atoms with E-state index < -0.39 is 0 Å². The molecule has 0 atom stereocenters. The fraction of sp³-hybridized carbons (Fsp3) is 0.133. The fourth-order valence-electron chi connectivity index (χ4n) is 1.96. The minimum atomic E-state index is -0.202. The summed E-state index contributed by atoms with van der Waals surface area (Å²) in [5.41, 5.74) is 0.958. The Kier molecular flexibility index (Phi) is 5.04. The number of carbonyl (C=O) groups is 1. The standard InChI is InChI=1S/C15H14BrN5OS/c16-12-7-13(23-10-12)9-19-15(22)18-8-11-2-4-17-14(6-11)21-5-1-3-20-21/h1-7,10H,8-9H2,(H2,18,19,22). The summed E-state index contributed by atoms with van der Waals surface area (Å²) in [5, 5.41) is 11.8. The van der Waals surface area contributed by atoms with Crippen molar-refractivity contribution in [1.29, 1.82) is 0 Å². The zero-order valence-electron chi connectivity index (χ0n) is 12.1. The van der Waals surface area contributed by atoms with Crippen LogP contribution in [-0.2, 0) is 13.1 Å². The summed E-state index contributed by atoms with van der Waals surface area (Å²) in [7, 11) is 0. The summed E-state index contributed by atoms with van der Waals surface area (Å²) in [6.07, 6.45) is 5.23. The first-order valence-electron chi connectivity index (χ1n) is 6.90. The molecule has 0 saturated carbocycles. The molecule has 0 spiro atoms. The van der Waals surface area contributed by atoms with Crippen LogP contribution in [0.4, 0.5) is 4.79 Å². The summed E-state index contributed by atoms with van der Waals surface area (Å²) in [5.74, 6) is 0.721. The van der Waals surface area contributed by atoms with Gasteiger partial charge >= 0.3 is 6.03 Å². The lowest BCUT2D eigenvalue weighted by atomic mass is 10.2. The zero-order chi connectivity index (χ0) is 16.1. The van der Waals surface area contributed by atoms with Crippen molar-refractivity contribution in [2.45, 2.75) is 13.1 Å². The minimum absolute atomic E-state index is 0.202. The number of hydrogen-bond donors (Lipinski definition) is 2. The van der Waals surface area contributed by atoms with Gasteiger partial charge in [-0.25, -0.2) is 14.5 Å². The topological polar surface area (TPSA) is 71.8 Å². The SMILES string of the molecule is O=C(NCc1ccnc(-n2cccn2)c1)NCc1cc(Br)cs1. The minimum Gasteiger partial charge on any atom is -0.334 e. The lowest BCUT2D eigenvalue weighted by Crippen LogP contribution is -2.34. The number of halogens is 1. The van der Waals surface area contributed by atoms with Gasteiger partial charge in [-0.2, -0.15) is 5.10 Å². The maximum Gasteiger partial charge on any atom is 0.315 e. The van der Waals surface area contributed by atoms with Crippen LogP contribution in [0.3, 0.4) is 0 Å². The van der Waals surface area contributed by atoms with Crippen LogP contribution in [0.25, 0.3) is 5.82 Å². The summed E-state index contributed by atoms with van der Waals surface area (Å²) in [6, 6.07) is 7.38. The van der Waals surface area contributed by atoms with E-state index in [0.29, 0.717) is 13.1 Å². The number of amides is 2. The quantitative estimate of drug-likeness (QED) is 0.701. The number of pyridine rings is 1. The predicted molar refractivity (Wildman–Crippen MR) is 92.5 cm³/mol. The number of nitrogens with one attached hydrogen (secondary N) is 2. The molecule has 0 unspecified atom stereocenters. The Morgan fingerprint density at radius 2 is 2.13 bits per heavy atom. The molecule has 8 heteroatoms. The van der Waals surface area contributed by atoms with Crippen LogP contribution >= 0.6 is 27.3 Å². The smallest absolute Gasteiger partial charge is 0.315 e. The Labute approximate surface area is 145 Å². The second-order valence-electron chi connectivity index (χ2n) is 4.74. The van der Waals surface area contributed by atoms with Crippen molar-refractivity contribution in [3.05, 3.63) is 63.1 Å². The highest BCUT2D eigenvalue weighted by atomic mass is 79.9. The van der Waals surface area contributed by atoms with E-state index in [2.05, 4.69) is 36.6 Å². The van der Waals surface area contributed by atoms with E-state index >= 15 is 0 Å². The maximum absolute atomic E-state index is 11.8. The van der Waals surface area contributed by atoms with Crippen LogP contribution in [0.2, 0.25) is 0 Å². The van der Waals surface area contributed by atoms with Gasteiger partial charge in [0.2, 0.25) is 0 Å². The molecule has 0 aliphatic rings. The first-order valence-corrected chi connectivity index (χ1v) is 8.57. The van der Waals surface area contributed by atoms with Gasteiger partial charge in [0.15, 0.2) is 5.82 Å². The second-order valence-corrected chi connectivity index (χ2v) is 6.65. The third kappa shape index (κ3) is 4.40. The molecule has 0 aromatic carbocycles. The lowest BCUT2D eigenvalue weighted by molar-refractivity contribution is 0.240. The van der Waals surface area contributed by atoms with E-state index in [1.807, 2.05) is 35.8 Å². The third-order valence-electron chi connectivity index (χ3n) is 3.05. The average Bonchev–Trinajstić information content (AvgIpc) is 3.23. The van der Waals surface area contributed by atoms with Gasteiger partial charge in [0.1, 0.15) is 0 Å². The van der Waals surface area contributed by atoms with E-state index in [-0.39, 0.29) is 6.03 Å². The summed E-state index contributed by atoms with van der Waals surface area (Å²) in [6.45, 7) is 0.938. The van der Waals surface area contributed by atoms with E-state index in [1.165, 1.54) is 0 Å². The average molecular weight is 392 g/mol. The number of rotatable bonds is 5. The first kappa shape index (κ1) is 15.7. The molecule has 0 saturated heterocycles.